The summed E-state index contributed by atoms with van der Waals surface area (Å²) in [5.41, 5.74) is 1.46. The molecular formula is C15H15N3O3. The predicted octanol–water partition coefficient (Wildman–Crippen LogP) is 1.11. The van der Waals surface area contributed by atoms with Gasteiger partial charge in [0.05, 0.1) is 6.10 Å². The van der Waals surface area contributed by atoms with E-state index < -0.39 is 6.10 Å². The summed E-state index contributed by atoms with van der Waals surface area (Å²) in [5.74, 6) is -0.326. The van der Waals surface area contributed by atoms with Gasteiger partial charge in [0.2, 0.25) is 6.41 Å². The zero-order valence-electron chi connectivity index (χ0n) is 11.2. The molecule has 0 radical (unpaired) electrons. The second-order valence-electron chi connectivity index (χ2n) is 4.34. The van der Waals surface area contributed by atoms with Crippen molar-refractivity contribution in [2.75, 3.05) is 11.9 Å². The maximum atomic E-state index is 12.0. The molecule has 1 heterocycles. The molecule has 1 aromatic heterocycles. The Morgan fingerprint density at radius 2 is 2.14 bits per heavy atom. The van der Waals surface area contributed by atoms with Crippen molar-refractivity contribution in [3.8, 4) is 0 Å². The first-order valence-electron chi connectivity index (χ1n) is 6.38. The van der Waals surface area contributed by atoms with Crippen molar-refractivity contribution in [1.29, 1.82) is 0 Å². The van der Waals surface area contributed by atoms with E-state index in [1.807, 2.05) is 0 Å². The first-order valence-corrected chi connectivity index (χ1v) is 6.38. The lowest BCUT2D eigenvalue weighted by Gasteiger charge is -2.12. The molecule has 2 rings (SSSR count). The molecule has 0 aliphatic carbocycles. The summed E-state index contributed by atoms with van der Waals surface area (Å²) in [5, 5.41) is 15.0. The minimum Gasteiger partial charge on any atom is -0.387 e. The molecule has 1 atom stereocenters. The summed E-state index contributed by atoms with van der Waals surface area (Å²) in [6.45, 7) is 0.112. The van der Waals surface area contributed by atoms with E-state index in [0.29, 0.717) is 23.4 Å². The lowest BCUT2D eigenvalue weighted by atomic mass is 10.1. The van der Waals surface area contributed by atoms with Crippen molar-refractivity contribution in [2.24, 2.45) is 0 Å². The van der Waals surface area contributed by atoms with Crippen LogP contribution in [0.4, 0.5) is 5.69 Å². The van der Waals surface area contributed by atoms with Crippen LogP contribution in [0.3, 0.4) is 0 Å². The van der Waals surface area contributed by atoms with Crippen LogP contribution in [0.15, 0.2) is 48.7 Å². The van der Waals surface area contributed by atoms with E-state index >= 15 is 0 Å². The molecule has 0 saturated heterocycles. The van der Waals surface area contributed by atoms with Crippen molar-refractivity contribution in [3.63, 3.8) is 0 Å². The first kappa shape index (κ1) is 14.7. The number of hydrogen-bond acceptors (Lipinski definition) is 4. The summed E-state index contributed by atoms with van der Waals surface area (Å²) in [7, 11) is 0. The predicted molar refractivity (Wildman–Crippen MR) is 77.7 cm³/mol. The van der Waals surface area contributed by atoms with Crippen LogP contribution >= 0.6 is 0 Å². The van der Waals surface area contributed by atoms with Gasteiger partial charge in [-0.05, 0) is 29.8 Å². The van der Waals surface area contributed by atoms with Crippen molar-refractivity contribution < 1.29 is 14.7 Å². The number of carbonyl (C=O) groups excluding carboxylic acids is 2. The van der Waals surface area contributed by atoms with Gasteiger partial charge in [0.15, 0.2) is 0 Å². The highest BCUT2D eigenvalue weighted by Gasteiger charge is 2.10. The average Bonchev–Trinajstić information content (AvgIpc) is 2.53. The summed E-state index contributed by atoms with van der Waals surface area (Å²) in [6.07, 6.45) is 1.23. The smallest absolute Gasteiger partial charge is 0.274 e. The van der Waals surface area contributed by atoms with Gasteiger partial charge in [-0.25, -0.2) is 0 Å². The van der Waals surface area contributed by atoms with E-state index in [9.17, 15) is 14.7 Å². The standard InChI is InChI=1S/C15H15N3O3/c19-10-16-9-14(20)11-4-3-5-12(8-11)18-15(21)13-6-1-2-7-17-13/h1-8,10,14,20H,9H2,(H,16,19)(H,18,21). The summed E-state index contributed by atoms with van der Waals surface area (Å²) in [4.78, 5) is 26.2. The molecule has 6 heteroatoms. The Hall–Kier alpha value is -2.73. The molecule has 0 aliphatic heterocycles. The van der Waals surface area contributed by atoms with Crippen LogP contribution in [0, 0.1) is 0 Å². The van der Waals surface area contributed by atoms with Crippen LogP contribution < -0.4 is 10.6 Å². The molecule has 2 aromatic rings. The highest BCUT2D eigenvalue weighted by molar-refractivity contribution is 6.02. The van der Waals surface area contributed by atoms with Gasteiger partial charge in [-0.1, -0.05) is 18.2 Å². The number of nitrogens with zero attached hydrogens (tertiary/aromatic N) is 1. The average molecular weight is 285 g/mol. The molecular weight excluding hydrogens is 270 g/mol. The van der Waals surface area contributed by atoms with Crippen LogP contribution in [-0.4, -0.2) is 29.0 Å². The zero-order chi connectivity index (χ0) is 15.1. The number of pyridine rings is 1. The molecule has 6 nitrogen and oxygen atoms in total. The number of aliphatic hydroxyl groups excluding tert-OH is 1. The number of benzene rings is 1. The number of aromatic nitrogens is 1. The van der Waals surface area contributed by atoms with Gasteiger partial charge in [0, 0.05) is 18.4 Å². The van der Waals surface area contributed by atoms with Crippen LogP contribution in [0.25, 0.3) is 0 Å². The molecule has 0 spiro atoms. The van der Waals surface area contributed by atoms with Crippen molar-refractivity contribution in [2.45, 2.75) is 6.10 Å². The molecule has 0 aliphatic rings. The van der Waals surface area contributed by atoms with Crippen LogP contribution in [0.5, 0.6) is 0 Å². The number of aliphatic hydroxyl groups is 1. The largest absolute Gasteiger partial charge is 0.387 e. The molecule has 2 amide bonds. The van der Waals surface area contributed by atoms with Crippen LogP contribution in [-0.2, 0) is 4.79 Å². The van der Waals surface area contributed by atoms with Crippen LogP contribution in [0.2, 0.25) is 0 Å². The third-order valence-electron chi connectivity index (χ3n) is 2.82. The van der Waals surface area contributed by atoms with E-state index in [4.69, 9.17) is 0 Å². The van der Waals surface area contributed by atoms with Gasteiger partial charge in [-0.2, -0.15) is 0 Å². The van der Waals surface area contributed by atoms with Gasteiger partial charge in [0.25, 0.3) is 5.91 Å². The lowest BCUT2D eigenvalue weighted by Crippen LogP contribution is -2.20. The van der Waals surface area contributed by atoms with Gasteiger partial charge < -0.3 is 15.7 Å². The molecule has 1 unspecified atom stereocenters. The van der Waals surface area contributed by atoms with E-state index in [0.717, 1.165) is 0 Å². The maximum Gasteiger partial charge on any atom is 0.274 e. The van der Waals surface area contributed by atoms with Crippen molar-refractivity contribution in [1.82, 2.24) is 10.3 Å². The fraction of sp³-hybridized carbons (Fsp3) is 0.133. The monoisotopic (exact) mass is 285 g/mol. The minimum absolute atomic E-state index is 0.112. The SMILES string of the molecule is O=CNCC(O)c1cccc(NC(=O)c2ccccn2)c1. The first-order chi connectivity index (χ1) is 10.2. The Bertz CT molecular complexity index is 617. The third-order valence-corrected chi connectivity index (χ3v) is 2.82. The topological polar surface area (TPSA) is 91.3 Å². The normalized spacial score (nSPS) is 11.5. The molecule has 0 saturated carbocycles. The fourth-order valence-corrected chi connectivity index (χ4v) is 1.79. The number of rotatable bonds is 6. The van der Waals surface area contributed by atoms with E-state index in [2.05, 4.69) is 15.6 Å². The number of carbonyl (C=O) groups is 2. The van der Waals surface area contributed by atoms with Crippen molar-refractivity contribution in [3.05, 3.63) is 59.9 Å². The van der Waals surface area contributed by atoms with E-state index in [-0.39, 0.29) is 12.5 Å². The highest BCUT2D eigenvalue weighted by Crippen LogP contribution is 2.17. The third kappa shape index (κ3) is 4.12. The quantitative estimate of drug-likeness (QED) is 0.693. The second-order valence-corrected chi connectivity index (χ2v) is 4.34. The Kier molecular flexibility index (Phi) is 5.00. The summed E-state index contributed by atoms with van der Waals surface area (Å²) in [6, 6.07) is 11.9. The van der Waals surface area contributed by atoms with E-state index in [1.165, 1.54) is 0 Å². The molecule has 0 bridgehead atoms. The van der Waals surface area contributed by atoms with Crippen molar-refractivity contribution >= 4 is 18.0 Å². The molecule has 108 valence electrons. The fourth-order valence-electron chi connectivity index (χ4n) is 1.79. The zero-order valence-corrected chi connectivity index (χ0v) is 11.2. The number of amides is 2. The Labute approximate surface area is 121 Å². The molecule has 1 aromatic carbocycles. The molecule has 3 N–H and O–H groups in total. The Morgan fingerprint density at radius 1 is 1.29 bits per heavy atom. The minimum atomic E-state index is -0.832. The number of anilines is 1. The Balaban J connectivity index is 2.07. The van der Waals surface area contributed by atoms with Crippen LogP contribution in [0.1, 0.15) is 22.2 Å². The molecule has 0 fully saturated rings. The van der Waals surface area contributed by atoms with Gasteiger partial charge in [0.1, 0.15) is 5.69 Å². The summed E-state index contributed by atoms with van der Waals surface area (Å²) < 4.78 is 0. The van der Waals surface area contributed by atoms with E-state index in [1.54, 1.807) is 48.7 Å². The second kappa shape index (κ2) is 7.16. The maximum absolute atomic E-state index is 12.0. The molecule has 21 heavy (non-hydrogen) atoms. The van der Waals surface area contributed by atoms with Gasteiger partial charge in [-0.15, -0.1) is 0 Å². The highest BCUT2D eigenvalue weighted by atomic mass is 16.3. The summed E-state index contributed by atoms with van der Waals surface area (Å²) >= 11 is 0. The lowest BCUT2D eigenvalue weighted by molar-refractivity contribution is -0.109. The number of nitrogens with one attached hydrogen (secondary N) is 2. The van der Waals surface area contributed by atoms with Gasteiger partial charge in [-0.3, -0.25) is 14.6 Å². The Morgan fingerprint density at radius 3 is 2.86 bits per heavy atom. The number of hydrogen-bond donors (Lipinski definition) is 3. The van der Waals surface area contributed by atoms with Gasteiger partial charge >= 0.3 is 0 Å².